The van der Waals surface area contributed by atoms with Gasteiger partial charge >= 0.3 is 0 Å². The molecule has 0 radical (unpaired) electrons. The standard InChI is InChI=1S/C11H18N4O2S/c1-8-4-3-5-9(2)15(8)18(16,17)10-6-13-11(12)14-7-10/h6-9H,3-5H2,1-2H3,(H2,12,13,14)/t8-,9+. The molecule has 1 saturated heterocycles. The highest BCUT2D eigenvalue weighted by Gasteiger charge is 2.35. The van der Waals surface area contributed by atoms with Crippen LogP contribution in [0.5, 0.6) is 0 Å². The average molecular weight is 270 g/mol. The van der Waals surface area contributed by atoms with Gasteiger partial charge in [-0.05, 0) is 26.7 Å². The average Bonchev–Trinajstić information content (AvgIpc) is 2.29. The Hall–Kier alpha value is -1.21. The first kappa shape index (κ1) is 13.2. The Morgan fingerprint density at radius 3 is 2.22 bits per heavy atom. The SMILES string of the molecule is C[C@@H]1CCC[C@H](C)N1S(=O)(=O)c1cnc(N)nc1. The van der Waals surface area contributed by atoms with E-state index in [4.69, 9.17) is 5.73 Å². The minimum absolute atomic E-state index is 0.0105. The molecule has 0 aliphatic carbocycles. The van der Waals surface area contributed by atoms with Gasteiger partial charge in [-0.1, -0.05) is 6.42 Å². The lowest BCUT2D eigenvalue weighted by molar-refractivity contribution is 0.204. The van der Waals surface area contributed by atoms with E-state index in [0.29, 0.717) is 0 Å². The molecule has 2 atom stereocenters. The van der Waals surface area contributed by atoms with Crippen molar-refractivity contribution in [2.24, 2.45) is 0 Å². The summed E-state index contributed by atoms with van der Waals surface area (Å²) in [6, 6.07) is 0.0209. The van der Waals surface area contributed by atoms with Gasteiger partial charge in [-0.15, -0.1) is 0 Å². The molecule has 1 aliphatic rings. The molecule has 2 N–H and O–H groups in total. The normalized spacial score (nSPS) is 26.1. The molecule has 0 saturated carbocycles. The number of nitrogens with two attached hydrogens (primary N) is 1. The van der Waals surface area contributed by atoms with E-state index in [1.54, 1.807) is 4.31 Å². The first-order valence-corrected chi connectivity index (χ1v) is 7.48. The third-order valence-corrected chi connectivity index (χ3v) is 5.42. The van der Waals surface area contributed by atoms with Crippen molar-refractivity contribution in [2.75, 3.05) is 5.73 Å². The summed E-state index contributed by atoms with van der Waals surface area (Å²) in [6.45, 7) is 3.87. The number of nitrogens with zero attached hydrogens (tertiary/aromatic N) is 3. The van der Waals surface area contributed by atoms with Crippen molar-refractivity contribution < 1.29 is 8.42 Å². The van der Waals surface area contributed by atoms with Gasteiger partial charge in [0.25, 0.3) is 0 Å². The van der Waals surface area contributed by atoms with Gasteiger partial charge in [0, 0.05) is 12.1 Å². The van der Waals surface area contributed by atoms with Crippen LogP contribution in [0.3, 0.4) is 0 Å². The smallest absolute Gasteiger partial charge is 0.246 e. The van der Waals surface area contributed by atoms with Crippen LogP contribution >= 0.6 is 0 Å². The summed E-state index contributed by atoms with van der Waals surface area (Å²) in [4.78, 5) is 7.61. The summed E-state index contributed by atoms with van der Waals surface area (Å²) >= 11 is 0. The van der Waals surface area contributed by atoms with Gasteiger partial charge in [-0.2, -0.15) is 4.31 Å². The summed E-state index contributed by atoms with van der Waals surface area (Å²) in [7, 11) is -3.52. The lowest BCUT2D eigenvalue weighted by Gasteiger charge is -2.37. The molecule has 0 spiro atoms. The van der Waals surface area contributed by atoms with Crippen LogP contribution in [0, 0.1) is 0 Å². The van der Waals surface area contributed by atoms with E-state index in [2.05, 4.69) is 9.97 Å². The molecule has 1 aliphatic heterocycles. The fraction of sp³-hybridized carbons (Fsp3) is 0.636. The zero-order valence-electron chi connectivity index (χ0n) is 10.6. The van der Waals surface area contributed by atoms with E-state index in [9.17, 15) is 8.42 Å². The molecule has 2 rings (SSSR count). The molecule has 1 fully saturated rings. The fourth-order valence-corrected chi connectivity index (χ4v) is 4.23. The van der Waals surface area contributed by atoms with Gasteiger partial charge in [-0.25, -0.2) is 18.4 Å². The Bertz CT molecular complexity index is 504. The Kier molecular flexibility index (Phi) is 3.54. The molecular formula is C11H18N4O2S. The number of anilines is 1. The van der Waals surface area contributed by atoms with E-state index in [1.165, 1.54) is 12.4 Å². The molecule has 0 unspecified atom stereocenters. The molecule has 18 heavy (non-hydrogen) atoms. The minimum Gasteiger partial charge on any atom is -0.368 e. The second-order valence-electron chi connectivity index (χ2n) is 4.74. The van der Waals surface area contributed by atoms with Crippen molar-refractivity contribution in [3.63, 3.8) is 0 Å². The Morgan fingerprint density at radius 2 is 1.72 bits per heavy atom. The van der Waals surface area contributed by atoms with Gasteiger partial charge in [0.15, 0.2) is 0 Å². The number of hydrogen-bond acceptors (Lipinski definition) is 5. The third kappa shape index (κ3) is 2.32. The quantitative estimate of drug-likeness (QED) is 0.866. The number of rotatable bonds is 2. The summed E-state index contributed by atoms with van der Waals surface area (Å²) in [5.41, 5.74) is 5.37. The first-order valence-electron chi connectivity index (χ1n) is 6.04. The zero-order valence-corrected chi connectivity index (χ0v) is 11.4. The van der Waals surface area contributed by atoms with E-state index in [0.717, 1.165) is 19.3 Å². The molecule has 1 aromatic heterocycles. The van der Waals surface area contributed by atoms with Crippen molar-refractivity contribution in [1.82, 2.24) is 14.3 Å². The predicted molar refractivity (Wildman–Crippen MR) is 68.2 cm³/mol. The van der Waals surface area contributed by atoms with Crippen molar-refractivity contribution in [3.05, 3.63) is 12.4 Å². The molecule has 100 valence electrons. The maximum absolute atomic E-state index is 12.5. The molecule has 2 heterocycles. The summed E-state index contributed by atoms with van der Waals surface area (Å²) in [5.74, 6) is 0.0775. The maximum Gasteiger partial charge on any atom is 0.246 e. The van der Waals surface area contributed by atoms with Crippen LogP contribution in [0.15, 0.2) is 17.3 Å². The summed E-state index contributed by atoms with van der Waals surface area (Å²) in [6.07, 6.45) is 5.38. The largest absolute Gasteiger partial charge is 0.368 e. The van der Waals surface area contributed by atoms with Crippen LogP contribution in [-0.4, -0.2) is 34.8 Å². The number of piperidine rings is 1. The predicted octanol–water partition coefficient (Wildman–Crippen LogP) is 1.01. The topological polar surface area (TPSA) is 89.2 Å². The fourth-order valence-electron chi connectivity index (χ4n) is 2.45. The molecular weight excluding hydrogens is 252 g/mol. The summed E-state index contributed by atoms with van der Waals surface area (Å²) in [5, 5.41) is 0. The number of nitrogen functional groups attached to an aromatic ring is 1. The van der Waals surface area contributed by atoms with Crippen molar-refractivity contribution in [1.29, 1.82) is 0 Å². The monoisotopic (exact) mass is 270 g/mol. The van der Waals surface area contributed by atoms with Gasteiger partial charge in [0.2, 0.25) is 16.0 Å². The Balaban J connectivity index is 2.38. The second-order valence-corrected chi connectivity index (χ2v) is 6.58. The van der Waals surface area contributed by atoms with Crippen LogP contribution in [0.25, 0.3) is 0 Å². The van der Waals surface area contributed by atoms with Crippen LogP contribution < -0.4 is 5.73 Å². The van der Waals surface area contributed by atoms with E-state index in [-0.39, 0.29) is 22.9 Å². The Labute approximate surface area is 107 Å². The minimum atomic E-state index is -3.52. The van der Waals surface area contributed by atoms with E-state index >= 15 is 0 Å². The molecule has 1 aromatic rings. The van der Waals surface area contributed by atoms with Gasteiger partial charge in [0.05, 0.1) is 12.4 Å². The zero-order chi connectivity index (χ0) is 13.3. The molecule has 6 nitrogen and oxygen atoms in total. The lowest BCUT2D eigenvalue weighted by atomic mass is 10.0. The first-order chi connectivity index (χ1) is 8.43. The highest BCUT2D eigenvalue weighted by atomic mass is 32.2. The van der Waals surface area contributed by atoms with E-state index < -0.39 is 10.0 Å². The van der Waals surface area contributed by atoms with Crippen LogP contribution in [0.4, 0.5) is 5.95 Å². The lowest BCUT2D eigenvalue weighted by Crippen LogP contribution is -2.47. The molecule has 0 amide bonds. The highest BCUT2D eigenvalue weighted by molar-refractivity contribution is 7.89. The van der Waals surface area contributed by atoms with Crippen molar-refractivity contribution >= 4 is 16.0 Å². The van der Waals surface area contributed by atoms with Crippen LogP contribution in [-0.2, 0) is 10.0 Å². The van der Waals surface area contributed by atoms with Crippen LogP contribution in [0.1, 0.15) is 33.1 Å². The molecule has 0 bridgehead atoms. The highest BCUT2D eigenvalue weighted by Crippen LogP contribution is 2.28. The van der Waals surface area contributed by atoms with E-state index in [1.807, 2.05) is 13.8 Å². The van der Waals surface area contributed by atoms with Crippen LogP contribution in [0.2, 0.25) is 0 Å². The molecule has 0 aromatic carbocycles. The van der Waals surface area contributed by atoms with Gasteiger partial charge < -0.3 is 5.73 Å². The summed E-state index contributed by atoms with van der Waals surface area (Å²) < 4.78 is 26.6. The Morgan fingerprint density at radius 1 is 1.22 bits per heavy atom. The number of aromatic nitrogens is 2. The van der Waals surface area contributed by atoms with Crippen molar-refractivity contribution in [3.8, 4) is 0 Å². The number of hydrogen-bond donors (Lipinski definition) is 1. The maximum atomic E-state index is 12.5. The van der Waals surface area contributed by atoms with Crippen molar-refractivity contribution in [2.45, 2.75) is 50.1 Å². The second kappa shape index (κ2) is 4.81. The number of sulfonamides is 1. The van der Waals surface area contributed by atoms with Gasteiger partial charge in [-0.3, -0.25) is 0 Å². The third-order valence-electron chi connectivity index (χ3n) is 3.34. The molecule has 7 heteroatoms. The van der Waals surface area contributed by atoms with Gasteiger partial charge in [0.1, 0.15) is 4.90 Å².